The maximum atomic E-state index is 15.6. The van der Waals surface area contributed by atoms with Crippen LogP contribution < -0.4 is 25.2 Å². The molecule has 1 spiro atoms. The Kier molecular flexibility index (Phi) is 10.2. The van der Waals surface area contributed by atoms with E-state index in [-0.39, 0.29) is 58.8 Å². The minimum Gasteiger partial charge on any atom is -0.490 e. The zero-order chi connectivity index (χ0) is 41.0. The van der Waals surface area contributed by atoms with Crippen LogP contribution in [0.1, 0.15) is 94.6 Å². The smallest absolute Gasteiger partial charge is 0.272 e. The molecule has 5 amide bonds. The molecule has 17 heteroatoms. The van der Waals surface area contributed by atoms with Crippen molar-refractivity contribution in [3.05, 3.63) is 75.7 Å². The quantitative estimate of drug-likeness (QED) is 0.314. The second-order valence-corrected chi connectivity index (χ2v) is 17.1. The lowest BCUT2D eigenvalue weighted by Crippen LogP contribution is -2.62. The average Bonchev–Trinajstić information content (AvgIpc) is 3.77. The number of anilines is 2. The number of hydrogen-bond acceptors (Lipinski definition) is 12. The Morgan fingerprint density at radius 2 is 1.64 bits per heavy atom. The molecule has 3 aromatic rings. The number of amides is 5. The highest BCUT2D eigenvalue weighted by Crippen LogP contribution is 2.44. The normalized spacial score (nSPS) is 24.5. The molecule has 4 saturated heterocycles. The molecule has 5 aliphatic heterocycles. The number of carbonyl (C=O) groups excluding carboxylic acids is 5. The minimum absolute atomic E-state index is 0.00535. The highest BCUT2D eigenvalue weighted by atomic mass is 35.5. The van der Waals surface area contributed by atoms with Gasteiger partial charge in [0.05, 0.1) is 33.5 Å². The number of likely N-dealkylation sites (tertiary alicyclic amines) is 1. The van der Waals surface area contributed by atoms with Crippen molar-refractivity contribution in [1.82, 2.24) is 30.6 Å². The lowest BCUT2D eigenvalue weighted by molar-refractivity contribution is -0.136. The number of rotatable bonds is 8. The molecule has 2 N–H and O–H groups in total. The molecule has 1 saturated carbocycles. The van der Waals surface area contributed by atoms with E-state index in [1.165, 1.54) is 6.07 Å². The topological polar surface area (TPSA) is 181 Å². The van der Waals surface area contributed by atoms with E-state index < -0.39 is 35.5 Å². The molecule has 15 nitrogen and oxygen atoms in total. The lowest BCUT2D eigenvalue weighted by Gasteiger charge is -2.53. The Hall–Kier alpha value is -5.66. The van der Waals surface area contributed by atoms with Crippen LogP contribution >= 0.6 is 11.6 Å². The van der Waals surface area contributed by atoms with Crippen LogP contribution in [0, 0.1) is 22.6 Å². The molecule has 1 unspecified atom stereocenters. The third kappa shape index (κ3) is 7.46. The van der Waals surface area contributed by atoms with Gasteiger partial charge in [0.25, 0.3) is 17.7 Å². The van der Waals surface area contributed by atoms with Gasteiger partial charge in [0.2, 0.25) is 11.8 Å². The fourth-order valence-corrected chi connectivity index (χ4v) is 9.92. The Morgan fingerprint density at radius 1 is 0.898 bits per heavy atom. The summed E-state index contributed by atoms with van der Waals surface area (Å²) in [6.07, 6.45) is 5.94. The van der Waals surface area contributed by atoms with Gasteiger partial charge in [0.1, 0.15) is 23.7 Å². The van der Waals surface area contributed by atoms with E-state index in [0.29, 0.717) is 35.5 Å². The fraction of sp³-hybridized carbons (Fsp3) is 0.476. The van der Waals surface area contributed by atoms with E-state index in [1.54, 1.807) is 24.3 Å². The van der Waals surface area contributed by atoms with Gasteiger partial charge in [-0.3, -0.25) is 39.1 Å². The van der Waals surface area contributed by atoms with Gasteiger partial charge in [-0.1, -0.05) is 11.6 Å². The molecule has 1 aliphatic carbocycles. The third-order valence-corrected chi connectivity index (χ3v) is 13.2. The van der Waals surface area contributed by atoms with E-state index in [1.807, 2.05) is 17.0 Å². The average molecular weight is 824 g/mol. The summed E-state index contributed by atoms with van der Waals surface area (Å²) in [4.78, 5) is 71.2. The SMILES string of the molecule is N#Cc1ccc(OC2CCC(NC(=O)c3ccc(N4CCC(N5CC6(CCN(c7cc8c(cc7F)C(=O)N(C7CCC(=O)NC7=O)C8=O)C6)C5)CC4)nn3)CC2)cc1Cl. The maximum absolute atomic E-state index is 15.6. The molecule has 2 aromatic carbocycles. The zero-order valence-corrected chi connectivity index (χ0v) is 33.0. The number of benzene rings is 2. The van der Waals surface area contributed by atoms with Crippen LogP contribution in [-0.2, 0) is 9.59 Å². The summed E-state index contributed by atoms with van der Waals surface area (Å²) >= 11 is 6.14. The fourth-order valence-electron chi connectivity index (χ4n) is 9.71. The van der Waals surface area contributed by atoms with E-state index >= 15 is 4.39 Å². The van der Waals surface area contributed by atoms with E-state index in [0.717, 1.165) is 87.9 Å². The molecule has 0 bridgehead atoms. The van der Waals surface area contributed by atoms with Gasteiger partial charge in [0, 0.05) is 69.3 Å². The molecule has 5 fully saturated rings. The Labute approximate surface area is 344 Å². The van der Waals surface area contributed by atoms with Gasteiger partial charge in [-0.05, 0) is 87.8 Å². The number of hydrogen-bond donors (Lipinski definition) is 2. The van der Waals surface area contributed by atoms with Crippen molar-refractivity contribution >= 4 is 52.6 Å². The molecule has 306 valence electrons. The van der Waals surface area contributed by atoms with E-state index in [4.69, 9.17) is 21.6 Å². The molecule has 9 rings (SSSR count). The number of aromatic nitrogens is 2. The standard InChI is InChI=1S/C42H43ClFN9O6/c43-31-17-28(4-1-24(31)20-45)59-27-5-2-25(3-6-27)46-38(55)33-7-9-36(49-48-33)50-14-11-26(12-15-50)52-22-42(23-52)13-16-51(21-42)35-19-30-29(18-32(35)44)40(57)53(41(30)58)34-8-10-37(54)47-39(34)56/h1,4,7,9,17-19,25-27,34H,2-3,5-6,8,10-16,21-23H2,(H,46,55)(H,47,54,56). The van der Waals surface area contributed by atoms with Crippen LogP contribution in [0.25, 0.3) is 0 Å². The second-order valence-electron chi connectivity index (χ2n) is 16.7. The summed E-state index contributed by atoms with van der Waals surface area (Å²) in [5.41, 5.74) is 0.995. The number of fused-ring (bicyclic) bond motifs is 1. The Balaban J connectivity index is 0.724. The maximum Gasteiger partial charge on any atom is 0.272 e. The van der Waals surface area contributed by atoms with Crippen molar-refractivity contribution in [3.63, 3.8) is 0 Å². The predicted molar refractivity (Wildman–Crippen MR) is 211 cm³/mol. The molecule has 1 aromatic heterocycles. The van der Waals surface area contributed by atoms with Crippen LogP contribution in [0.5, 0.6) is 5.75 Å². The summed E-state index contributed by atoms with van der Waals surface area (Å²) in [5.74, 6) is -1.97. The first-order valence-corrected chi connectivity index (χ1v) is 20.7. The predicted octanol–water partition coefficient (Wildman–Crippen LogP) is 3.84. The summed E-state index contributed by atoms with van der Waals surface area (Å²) in [7, 11) is 0. The second kappa shape index (κ2) is 15.5. The first-order chi connectivity index (χ1) is 28.5. The van der Waals surface area contributed by atoms with Gasteiger partial charge in [-0.15, -0.1) is 10.2 Å². The van der Waals surface area contributed by atoms with Gasteiger partial charge in [0.15, 0.2) is 11.5 Å². The highest BCUT2D eigenvalue weighted by molar-refractivity contribution is 6.31. The molecular formula is C42H43ClFN9O6. The summed E-state index contributed by atoms with van der Waals surface area (Å²) in [5, 5.41) is 23.4. The van der Waals surface area contributed by atoms with Crippen LogP contribution in [0.2, 0.25) is 5.02 Å². The largest absolute Gasteiger partial charge is 0.490 e. The van der Waals surface area contributed by atoms with Crippen molar-refractivity contribution < 1.29 is 33.1 Å². The lowest BCUT2D eigenvalue weighted by atomic mass is 9.77. The molecule has 1 atom stereocenters. The number of nitrogens with one attached hydrogen (secondary N) is 2. The number of piperidine rings is 2. The first-order valence-electron chi connectivity index (χ1n) is 20.3. The van der Waals surface area contributed by atoms with Gasteiger partial charge in [-0.25, -0.2) is 4.39 Å². The van der Waals surface area contributed by atoms with Gasteiger partial charge < -0.3 is 19.9 Å². The van der Waals surface area contributed by atoms with Crippen molar-refractivity contribution in [3.8, 4) is 11.8 Å². The highest BCUT2D eigenvalue weighted by Gasteiger charge is 2.51. The Morgan fingerprint density at radius 3 is 2.32 bits per heavy atom. The molecule has 6 heterocycles. The van der Waals surface area contributed by atoms with Crippen LogP contribution in [0.4, 0.5) is 15.9 Å². The monoisotopic (exact) mass is 823 g/mol. The van der Waals surface area contributed by atoms with Crippen molar-refractivity contribution in [2.24, 2.45) is 5.41 Å². The molecule has 59 heavy (non-hydrogen) atoms. The summed E-state index contributed by atoms with van der Waals surface area (Å²) < 4.78 is 21.6. The number of ether oxygens (including phenoxy) is 1. The van der Waals surface area contributed by atoms with E-state index in [2.05, 4.69) is 30.6 Å². The van der Waals surface area contributed by atoms with E-state index in [9.17, 15) is 24.0 Å². The number of carbonyl (C=O) groups is 5. The van der Waals surface area contributed by atoms with Crippen LogP contribution in [0.15, 0.2) is 42.5 Å². The minimum atomic E-state index is -1.10. The third-order valence-electron chi connectivity index (χ3n) is 12.9. The zero-order valence-electron chi connectivity index (χ0n) is 32.3. The van der Waals surface area contributed by atoms with Crippen LogP contribution in [-0.4, -0.2) is 113 Å². The number of imide groups is 2. The summed E-state index contributed by atoms with van der Waals surface area (Å²) in [6, 6.07) is 12.6. The molecular weight excluding hydrogens is 781 g/mol. The van der Waals surface area contributed by atoms with Gasteiger partial charge >= 0.3 is 0 Å². The van der Waals surface area contributed by atoms with Crippen LogP contribution in [0.3, 0.4) is 0 Å². The first kappa shape index (κ1) is 38.8. The number of nitriles is 1. The molecule has 6 aliphatic rings. The van der Waals surface area contributed by atoms with Gasteiger partial charge in [-0.2, -0.15) is 5.26 Å². The van der Waals surface area contributed by atoms with Crippen molar-refractivity contribution in [1.29, 1.82) is 5.26 Å². The Bertz CT molecular complexity index is 2260. The summed E-state index contributed by atoms with van der Waals surface area (Å²) in [6.45, 7) is 4.67. The number of nitrogens with zero attached hydrogens (tertiary/aromatic N) is 7. The van der Waals surface area contributed by atoms with Crippen molar-refractivity contribution in [2.75, 3.05) is 49.1 Å². The molecule has 0 radical (unpaired) electrons. The number of halogens is 2. The van der Waals surface area contributed by atoms with Crippen molar-refractivity contribution in [2.45, 2.75) is 82.0 Å².